The van der Waals surface area contributed by atoms with Crippen molar-refractivity contribution in [2.45, 2.75) is 19.3 Å². The van der Waals surface area contributed by atoms with Crippen LogP contribution < -0.4 is 5.73 Å². The number of nitro groups is 1. The molecule has 0 aliphatic rings. The van der Waals surface area contributed by atoms with Gasteiger partial charge in [0.1, 0.15) is 0 Å². The minimum atomic E-state index is -0.943. The third kappa shape index (κ3) is 3.81. The highest BCUT2D eigenvalue weighted by Crippen LogP contribution is 2.23. The van der Waals surface area contributed by atoms with E-state index in [-0.39, 0.29) is 12.1 Å². The van der Waals surface area contributed by atoms with E-state index in [0.29, 0.717) is 24.9 Å². The first-order valence-corrected chi connectivity index (χ1v) is 5.71. The second-order valence-corrected chi connectivity index (χ2v) is 4.06. The van der Waals surface area contributed by atoms with Gasteiger partial charge in [-0.05, 0) is 25.8 Å². The smallest absolute Gasteiger partial charge is 0.306 e. The number of benzene rings is 1. The molecule has 0 aromatic heterocycles. The van der Waals surface area contributed by atoms with E-state index in [1.165, 1.54) is 6.07 Å². The van der Waals surface area contributed by atoms with Gasteiger partial charge in [-0.25, -0.2) is 0 Å². The van der Waals surface area contributed by atoms with Crippen LogP contribution in [0, 0.1) is 16.0 Å². The molecule has 0 saturated carbocycles. The number of carbonyl (C=O) groups is 1. The van der Waals surface area contributed by atoms with Crippen LogP contribution >= 0.6 is 0 Å². The fraction of sp³-hybridized carbons (Fsp3) is 0.417. The number of carboxylic acids is 1. The maximum Gasteiger partial charge on any atom is 0.306 e. The van der Waals surface area contributed by atoms with Crippen molar-refractivity contribution in [1.29, 1.82) is 0 Å². The van der Waals surface area contributed by atoms with Crippen molar-refractivity contribution in [1.82, 2.24) is 0 Å². The lowest BCUT2D eigenvalue weighted by Crippen LogP contribution is -2.18. The Labute approximate surface area is 105 Å². The van der Waals surface area contributed by atoms with Crippen molar-refractivity contribution in [3.63, 3.8) is 0 Å². The molecular weight excluding hydrogens is 236 g/mol. The molecule has 0 aliphatic carbocycles. The summed E-state index contributed by atoms with van der Waals surface area (Å²) in [6.07, 6.45) is 1.18. The van der Waals surface area contributed by atoms with Gasteiger partial charge in [0.15, 0.2) is 0 Å². The minimum Gasteiger partial charge on any atom is -0.481 e. The Bertz CT molecular complexity index is 434. The SMILES string of the molecule is NCCCC(Cc1ccccc1[N+](=O)[O-])C(=O)O. The zero-order valence-electron chi connectivity index (χ0n) is 9.91. The second kappa shape index (κ2) is 6.70. The third-order valence-corrected chi connectivity index (χ3v) is 2.76. The lowest BCUT2D eigenvalue weighted by atomic mass is 9.94. The summed E-state index contributed by atoms with van der Waals surface area (Å²) in [5.74, 6) is -1.57. The number of carboxylic acid groups (broad SMARTS) is 1. The molecule has 18 heavy (non-hydrogen) atoms. The predicted octanol–water partition coefficient (Wildman–Crippen LogP) is 1.58. The normalized spacial score (nSPS) is 12.1. The minimum absolute atomic E-state index is 0.0310. The first-order chi connectivity index (χ1) is 8.56. The zero-order valence-corrected chi connectivity index (χ0v) is 9.91. The van der Waals surface area contributed by atoms with E-state index in [2.05, 4.69) is 0 Å². The van der Waals surface area contributed by atoms with E-state index in [0.717, 1.165) is 0 Å². The van der Waals surface area contributed by atoms with E-state index in [1.807, 2.05) is 0 Å². The van der Waals surface area contributed by atoms with E-state index in [4.69, 9.17) is 10.8 Å². The molecule has 0 bridgehead atoms. The molecule has 0 aliphatic heterocycles. The van der Waals surface area contributed by atoms with Gasteiger partial charge < -0.3 is 10.8 Å². The van der Waals surface area contributed by atoms with Crippen molar-refractivity contribution in [2.75, 3.05) is 6.54 Å². The van der Waals surface area contributed by atoms with Crippen LogP contribution in [0.15, 0.2) is 24.3 Å². The summed E-state index contributed by atoms with van der Waals surface area (Å²) in [6, 6.07) is 6.22. The van der Waals surface area contributed by atoms with Crippen molar-refractivity contribution in [2.24, 2.45) is 11.7 Å². The first-order valence-electron chi connectivity index (χ1n) is 5.71. The fourth-order valence-corrected chi connectivity index (χ4v) is 1.80. The molecule has 3 N–H and O–H groups in total. The summed E-state index contributed by atoms with van der Waals surface area (Å²) in [5.41, 5.74) is 5.77. The molecule has 0 amide bonds. The van der Waals surface area contributed by atoms with Crippen LogP contribution in [0.25, 0.3) is 0 Å². The fourth-order valence-electron chi connectivity index (χ4n) is 1.80. The van der Waals surface area contributed by atoms with Crippen LogP contribution in [0.4, 0.5) is 5.69 Å². The van der Waals surface area contributed by atoms with Crippen LogP contribution in [0.1, 0.15) is 18.4 Å². The Morgan fingerprint density at radius 3 is 2.67 bits per heavy atom. The van der Waals surface area contributed by atoms with Crippen molar-refractivity contribution in [3.8, 4) is 0 Å². The van der Waals surface area contributed by atoms with E-state index in [9.17, 15) is 14.9 Å². The number of nitrogens with two attached hydrogens (primary N) is 1. The van der Waals surface area contributed by atoms with Gasteiger partial charge in [-0.2, -0.15) is 0 Å². The van der Waals surface area contributed by atoms with Gasteiger partial charge in [0.2, 0.25) is 0 Å². The highest BCUT2D eigenvalue weighted by molar-refractivity contribution is 5.70. The molecule has 0 heterocycles. The molecule has 0 spiro atoms. The highest BCUT2D eigenvalue weighted by atomic mass is 16.6. The summed E-state index contributed by atoms with van der Waals surface area (Å²) in [4.78, 5) is 21.4. The average molecular weight is 252 g/mol. The Kier molecular flexibility index (Phi) is 5.26. The number of para-hydroxylation sites is 1. The zero-order chi connectivity index (χ0) is 13.5. The lowest BCUT2D eigenvalue weighted by Gasteiger charge is -2.11. The number of nitro benzene ring substituents is 1. The molecule has 1 aromatic carbocycles. The second-order valence-electron chi connectivity index (χ2n) is 4.06. The van der Waals surface area contributed by atoms with Crippen molar-refractivity contribution < 1.29 is 14.8 Å². The lowest BCUT2D eigenvalue weighted by molar-refractivity contribution is -0.385. The molecular formula is C12H16N2O4. The summed E-state index contributed by atoms with van der Waals surface area (Å²) in [5, 5.41) is 19.9. The van der Waals surface area contributed by atoms with Gasteiger partial charge in [-0.15, -0.1) is 0 Å². The summed E-state index contributed by atoms with van der Waals surface area (Å²) >= 11 is 0. The molecule has 6 nitrogen and oxygen atoms in total. The molecule has 0 saturated heterocycles. The number of nitrogens with zero attached hydrogens (tertiary/aromatic N) is 1. The van der Waals surface area contributed by atoms with Gasteiger partial charge in [0, 0.05) is 11.6 Å². The molecule has 1 rings (SSSR count). The number of aliphatic carboxylic acids is 1. The van der Waals surface area contributed by atoms with E-state index < -0.39 is 16.8 Å². The Morgan fingerprint density at radius 1 is 1.44 bits per heavy atom. The molecule has 6 heteroatoms. The number of hydrogen-bond acceptors (Lipinski definition) is 4. The average Bonchev–Trinajstić information content (AvgIpc) is 2.34. The van der Waals surface area contributed by atoms with Gasteiger partial charge in [0.25, 0.3) is 5.69 Å². The Morgan fingerprint density at radius 2 is 2.11 bits per heavy atom. The summed E-state index contributed by atoms with van der Waals surface area (Å²) in [6.45, 7) is 0.417. The molecule has 0 fully saturated rings. The van der Waals surface area contributed by atoms with Gasteiger partial charge >= 0.3 is 5.97 Å². The standard InChI is InChI=1S/C12H16N2O4/c13-7-3-5-10(12(15)16)8-9-4-1-2-6-11(9)14(17)18/h1-2,4,6,10H,3,5,7-8,13H2,(H,15,16). The number of hydrogen-bond donors (Lipinski definition) is 2. The largest absolute Gasteiger partial charge is 0.481 e. The van der Waals surface area contributed by atoms with Crippen LogP contribution in [0.3, 0.4) is 0 Å². The summed E-state index contributed by atoms with van der Waals surface area (Å²) in [7, 11) is 0. The monoisotopic (exact) mass is 252 g/mol. The van der Waals surface area contributed by atoms with Crippen LogP contribution in [-0.4, -0.2) is 22.5 Å². The van der Waals surface area contributed by atoms with Gasteiger partial charge in [0.05, 0.1) is 10.8 Å². The number of rotatable bonds is 7. The maximum absolute atomic E-state index is 11.1. The molecule has 1 atom stereocenters. The maximum atomic E-state index is 11.1. The van der Waals surface area contributed by atoms with Crippen molar-refractivity contribution in [3.05, 3.63) is 39.9 Å². The van der Waals surface area contributed by atoms with Crippen molar-refractivity contribution >= 4 is 11.7 Å². The highest BCUT2D eigenvalue weighted by Gasteiger charge is 2.22. The topological polar surface area (TPSA) is 106 Å². The van der Waals surface area contributed by atoms with E-state index in [1.54, 1.807) is 18.2 Å². The summed E-state index contributed by atoms with van der Waals surface area (Å²) < 4.78 is 0. The van der Waals surface area contributed by atoms with Crippen LogP contribution in [0.5, 0.6) is 0 Å². The van der Waals surface area contributed by atoms with Crippen LogP contribution in [-0.2, 0) is 11.2 Å². The predicted molar refractivity (Wildman–Crippen MR) is 66.2 cm³/mol. The third-order valence-electron chi connectivity index (χ3n) is 2.76. The van der Waals surface area contributed by atoms with E-state index >= 15 is 0 Å². The van der Waals surface area contributed by atoms with Crippen LogP contribution in [0.2, 0.25) is 0 Å². The quantitative estimate of drug-likeness (QED) is 0.566. The molecule has 0 radical (unpaired) electrons. The van der Waals surface area contributed by atoms with Gasteiger partial charge in [-0.1, -0.05) is 18.2 Å². The molecule has 98 valence electrons. The Hall–Kier alpha value is -1.95. The first kappa shape index (κ1) is 14.1. The molecule has 1 aromatic rings. The van der Waals surface area contributed by atoms with Gasteiger partial charge in [-0.3, -0.25) is 14.9 Å². The Balaban J connectivity index is 2.86. The molecule has 1 unspecified atom stereocenters.